The molecule has 0 aliphatic rings. The fourth-order valence-electron chi connectivity index (χ4n) is 1.00. The normalized spacial score (nSPS) is 11.5. The van der Waals surface area contributed by atoms with Gasteiger partial charge in [-0.1, -0.05) is 38.4 Å². The first-order chi connectivity index (χ1) is 6.40. The van der Waals surface area contributed by atoms with Gasteiger partial charge >= 0.3 is 0 Å². The fourth-order valence-corrected chi connectivity index (χ4v) is 1.58. The third-order valence-corrected chi connectivity index (χ3v) is 3.16. The summed E-state index contributed by atoms with van der Waals surface area (Å²) in [6, 6.07) is 5.83. The first-order valence-corrected chi connectivity index (χ1v) is 5.75. The fraction of sp³-hybridized carbons (Fsp3) is 0.455. The number of anilines is 1. The summed E-state index contributed by atoms with van der Waals surface area (Å²) in [6.07, 6.45) is 0. The molecule has 0 saturated carbocycles. The van der Waals surface area contributed by atoms with Crippen LogP contribution in [0.1, 0.15) is 20.8 Å². The second-order valence-corrected chi connectivity index (χ2v) is 5.72. The number of nitrogens with one attached hydrogen (secondary N) is 1. The highest BCUT2D eigenvalue weighted by atomic mass is 79.9. The number of hydrogen-bond acceptors (Lipinski definition) is 1. The maximum Gasteiger partial charge on any atom is 0.0593 e. The highest BCUT2D eigenvalue weighted by Crippen LogP contribution is 2.30. The molecule has 0 atom stereocenters. The molecule has 0 aliphatic carbocycles. The molecule has 78 valence electrons. The molecule has 1 rings (SSSR count). The summed E-state index contributed by atoms with van der Waals surface area (Å²) in [7, 11) is 0. The van der Waals surface area contributed by atoms with Crippen molar-refractivity contribution in [2.24, 2.45) is 5.41 Å². The van der Waals surface area contributed by atoms with Crippen molar-refractivity contribution in [3.8, 4) is 0 Å². The maximum absolute atomic E-state index is 5.98. The molecule has 1 aromatic rings. The first kappa shape index (κ1) is 11.9. The van der Waals surface area contributed by atoms with Crippen LogP contribution < -0.4 is 5.32 Å². The smallest absolute Gasteiger partial charge is 0.0593 e. The SMILES string of the molecule is CC(C)(C)CNc1cccc(Cl)c1Br. The van der Waals surface area contributed by atoms with Crippen LogP contribution in [0.15, 0.2) is 22.7 Å². The predicted molar refractivity (Wildman–Crippen MR) is 67.1 cm³/mol. The summed E-state index contributed by atoms with van der Waals surface area (Å²) in [6.45, 7) is 7.50. The van der Waals surface area contributed by atoms with E-state index in [1.165, 1.54) is 0 Å². The Balaban J connectivity index is 2.73. The number of hydrogen-bond donors (Lipinski definition) is 1. The van der Waals surface area contributed by atoms with Gasteiger partial charge in [-0.05, 0) is 33.5 Å². The van der Waals surface area contributed by atoms with Crippen molar-refractivity contribution in [3.63, 3.8) is 0 Å². The first-order valence-electron chi connectivity index (χ1n) is 4.58. The second kappa shape index (κ2) is 4.54. The largest absolute Gasteiger partial charge is 0.384 e. The van der Waals surface area contributed by atoms with E-state index in [1.807, 2.05) is 18.2 Å². The molecular formula is C11H15BrClN. The molecule has 0 unspecified atom stereocenters. The minimum absolute atomic E-state index is 0.266. The highest BCUT2D eigenvalue weighted by Gasteiger charge is 2.11. The minimum atomic E-state index is 0.266. The van der Waals surface area contributed by atoms with E-state index in [0.717, 1.165) is 21.7 Å². The molecule has 0 aliphatic heterocycles. The zero-order valence-electron chi connectivity index (χ0n) is 8.70. The Labute approximate surface area is 99.0 Å². The van der Waals surface area contributed by atoms with Gasteiger partial charge in [-0.25, -0.2) is 0 Å². The van der Waals surface area contributed by atoms with E-state index in [1.54, 1.807) is 0 Å². The van der Waals surface area contributed by atoms with Gasteiger partial charge in [-0.15, -0.1) is 0 Å². The van der Waals surface area contributed by atoms with E-state index < -0.39 is 0 Å². The molecule has 0 spiro atoms. The van der Waals surface area contributed by atoms with Crippen LogP contribution in [-0.2, 0) is 0 Å². The number of rotatable bonds is 2. The van der Waals surface area contributed by atoms with Crippen LogP contribution in [0.25, 0.3) is 0 Å². The van der Waals surface area contributed by atoms with Crippen molar-refractivity contribution in [2.75, 3.05) is 11.9 Å². The second-order valence-electron chi connectivity index (χ2n) is 4.52. The molecule has 14 heavy (non-hydrogen) atoms. The van der Waals surface area contributed by atoms with Crippen LogP contribution in [0, 0.1) is 5.41 Å². The number of halogens is 2. The molecule has 1 aromatic carbocycles. The third-order valence-electron chi connectivity index (χ3n) is 1.76. The molecule has 1 nitrogen and oxygen atoms in total. The van der Waals surface area contributed by atoms with Crippen molar-refractivity contribution >= 4 is 33.2 Å². The zero-order valence-corrected chi connectivity index (χ0v) is 11.0. The molecule has 0 radical (unpaired) electrons. The van der Waals surface area contributed by atoms with Crippen LogP contribution in [-0.4, -0.2) is 6.54 Å². The van der Waals surface area contributed by atoms with Crippen LogP contribution in [0.2, 0.25) is 5.02 Å². The van der Waals surface area contributed by atoms with Crippen molar-refractivity contribution < 1.29 is 0 Å². The van der Waals surface area contributed by atoms with E-state index in [9.17, 15) is 0 Å². The molecule has 0 bridgehead atoms. The lowest BCUT2D eigenvalue weighted by Gasteiger charge is -2.20. The molecule has 0 heterocycles. The van der Waals surface area contributed by atoms with Crippen LogP contribution in [0.3, 0.4) is 0 Å². The van der Waals surface area contributed by atoms with Gasteiger partial charge in [-0.2, -0.15) is 0 Å². The molecule has 3 heteroatoms. The van der Waals surface area contributed by atoms with E-state index in [4.69, 9.17) is 11.6 Å². The van der Waals surface area contributed by atoms with Gasteiger partial charge < -0.3 is 5.32 Å². The van der Waals surface area contributed by atoms with Crippen molar-refractivity contribution in [2.45, 2.75) is 20.8 Å². The summed E-state index contributed by atoms with van der Waals surface area (Å²) < 4.78 is 0.936. The van der Waals surface area contributed by atoms with Crippen LogP contribution in [0.5, 0.6) is 0 Å². The Morgan fingerprint density at radius 1 is 1.36 bits per heavy atom. The Morgan fingerprint density at radius 2 is 2.00 bits per heavy atom. The van der Waals surface area contributed by atoms with E-state index >= 15 is 0 Å². The van der Waals surface area contributed by atoms with E-state index in [-0.39, 0.29) is 5.41 Å². The van der Waals surface area contributed by atoms with E-state index in [2.05, 4.69) is 42.0 Å². The summed E-state index contributed by atoms with van der Waals surface area (Å²) in [5.74, 6) is 0. The van der Waals surface area contributed by atoms with Crippen LogP contribution >= 0.6 is 27.5 Å². The van der Waals surface area contributed by atoms with Gasteiger partial charge in [0, 0.05) is 12.2 Å². The Bertz CT molecular complexity index is 318. The maximum atomic E-state index is 5.98. The zero-order chi connectivity index (χ0) is 10.8. The Kier molecular flexibility index (Phi) is 3.85. The monoisotopic (exact) mass is 275 g/mol. The lowest BCUT2D eigenvalue weighted by Crippen LogP contribution is -2.19. The molecular weight excluding hydrogens is 261 g/mol. The summed E-state index contributed by atoms with van der Waals surface area (Å²) >= 11 is 9.43. The van der Waals surface area contributed by atoms with Gasteiger partial charge in [-0.3, -0.25) is 0 Å². The lowest BCUT2D eigenvalue weighted by molar-refractivity contribution is 0.443. The highest BCUT2D eigenvalue weighted by molar-refractivity contribution is 9.10. The van der Waals surface area contributed by atoms with Crippen molar-refractivity contribution in [1.82, 2.24) is 0 Å². The Morgan fingerprint density at radius 3 is 2.57 bits per heavy atom. The van der Waals surface area contributed by atoms with Crippen molar-refractivity contribution in [1.29, 1.82) is 0 Å². The van der Waals surface area contributed by atoms with Gasteiger partial charge in [0.1, 0.15) is 0 Å². The molecule has 0 aromatic heterocycles. The van der Waals surface area contributed by atoms with E-state index in [0.29, 0.717) is 0 Å². The minimum Gasteiger partial charge on any atom is -0.384 e. The summed E-state index contributed by atoms with van der Waals surface area (Å²) in [5.41, 5.74) is 1.31. The van der Waals surface area contributed by atoms with Gasteiger partial charge in [0.05, 0.1) is 9.50 Å². The third kappa shape index (κ3) is 3.50. The molecule has 1 N–H and O–H groups in total. The van der Waals surface area contributed by atoms with Gasteiger partial charge in [0.2, 0.25) is 0 Å². The topological polar surface area (TPSA) is 12.0 Å². The average Bonchev–Trinajstić information content (AvgIpc) is 2.06. The van der Waals surface area contributed by atoms with Crippen LogP contribution in [0.4, 0.5) is 5.69 Å². The lowest BCUT2D eigenvalue weighted by atomic mass is 9.97. The average molecular weight is 277 g/mol. The van der Waals surface area contributed by atoms with Gasteiger partial charge in [0.25, 0.3) is 0 Å². The Hall–Kier alpha value is -0.210. The quantitative estimate of drug-likeness (QED) is 0.835. The predicted octanol–water partition coefficient (Wildman–Crippen LogP) is 4.56. The standard InChI is InChI=1S/C11H15BrClN/c1-11(2,3)7-14-9-6-4-5-8(13)10(9)12/h4-6,14H,7H2,1-3H3. The molecule has 0 amide bonds. The molecule has 0 saturated heterocycles. The molecule has 0 fully saturated rings. The summed E-state index contributed by atoms with van der Waals surface area (Å²) in [4.78, 5) is 0. The number of benzene rings is 1. The van der Waals surface area contributed by atoms with Crippen molar-refractivity contribution in [3.05, 3.63) is 27.7 Å². The summed E-state index contributed by atoms with van der Waals surface area (Å²) in [5, 5.41) is 4.10. The van der Waals surface area contributed by atoms with Gasteiger partial charge in [0.15, 0.2) is 0 Å².